The van der Waals surface area contributed by atoms with Crippen LogP contribution in [-0.4, -0.2) is 27.7 Å². The van der Waals surface area contributed by atoms with E-state index in [-0.39, 0.29) is 22.8 Å². The summed E-state index contributed by atoms with van der Waals surface area (Å²) in [6, 6.07) is 9.62. The number of nitrogens with zero attached hydrogens (tertiary/aromatic N) is 1. The number of aryl methyl sites for hydroxylation is 1. The van der Waals surface area contributed by atoms with E-state index in [1.165, 1.54) is 19.2 Å². The van der Waals surface area contributed by atoms with Gasteiger partial charge >= 0.3 is 6.18 Å². The quantitative estimate of drug-likeness (QED) is 0.797. The highest BCUT2D eigenvalue weighted by Crippen LogP contribution is 2.45. The number of benzene rings is 2. The van der Waals surface area contributed by atoms with Crippen LogP contribution in [-0.2, 0) is 16.4 Å². The molecule has 0 N–H and O–H groups in total. The number of anilines is 1. The Morgan fingerprint density at radius 1 is 1.15 bits per heavy atom. The molecule has 0 bridgehead atoms. The lowest BCUT2D eigenvalue weighted by Crippen LogP contribution is -2.40. The van der Waals surface area contributed by atoms with E-state index in [4.69, 9.17) is 4.74 Å². The van der Waals surface area contributed by atoms with Crippen LogP contribution in [0.4, 0.5) is 18.9 Å². The van der Waals surface area contributed by atoms with Crippen molar-refractivity contribution >= 4 is 15.7 Å². The third kappa shape index (κ3) is 3.38. The molecule has 0 saturated heterocycles. The molecule has 26 heavy (non-hydrogen) atoms. The second kappa shape index (κ2) is 6.50. The van der Waals surface area contributed by atoms with E-state index in [9.17, 15) is 21.6 Å². The van der Waals surface area contributed by atoms with Gasteiger partial charge in [-0.05, 0) is 37.1 Å². The molecule has 0 aliphatic carbocycles. The average molecular weight is 385 g/mol. The monoisotopic (exact) mass is 385 g/mol. The molecule has 0 saturated carbocycles. The van der Waals surface area contributed by atoms with Gasteiger partial charge in [0.05, 0.1) is 30.2 Å². The maximum absolute atomic E-state index is 13.2. The summed E-state index contributed by atoms with van der Waals surface area (Å²) < 4.78 is 71.7. The highest BCUT2D eigenvalue weighted by molar-refractivity contribution is 7.92. The molecule has 0 amide bonds. The number of alkyl halides is 3. The standard InChI is InChI=1S/C18H18F3NO3S/c1-12-6-8-15(9-7-12)26(23,24)22-14(11-18(19,20)21)10-13-4-3-5-16(25-2)17(13)22/h3-9,14H,10-11H2,1-2H3. The third-order valence-corrected chi connectivity index (χ3v) is 6.22. The molecule has 3 rings (SSSR count). The van der Waals surface area contributed by atoms with E-state index < -0.39 is 28.7 Å². The van der Waals surface area contributed by atoms with Crippen LogP contribution in [0.1, 0.15) is 17.5 Å². The van der Waals surface area contributed by atoms with Crippen LogP contribution < -0.4 is 9.04 Å². The van der Waals surface area contributed by atoms with Crippen LogP contribution in [0.3, 0.4) is 0 Å². The summed E-state index contributed by atoms with van der Waals surface area (Å²) in [6.45, 7) is 1.80. The van der Waals surface area contributed by atoms with Gasteiger partial charge in [-0.15, -0.1) is 0 Å². The number of ether oxygens (including phenoxy) is 1. The normalized spacial score (nSPS) is 17.3. The second-order valence-corrected chi connectivity index (χ2v) is 8.07. The van der Waals surface area contributed by atoms with E-state index in [0.717, 1.165) is 9.87 Å². The zero-order valence-corrected chi connectivity index (χ0v) is 15.1. The Balaban J connectivity index is 2.15. The molecule has 2 aromatic carbocycles. The Labute approximate surface area is 150 Å². The number of halogens is 3. The summed E-state index contributed by atoms with van der Waals surface area (Å²) in [4.78, 5) is -0.0472. The van der Waals surface area contributed by atoms with Gasteiger partial charge in [0.25, 0.3) is 10.0 Å². The third-order valence-electron chi connectivity index (χ3n) is 4.35. The average Bonchev–Trinajstić information content (AvgIpc) is 2.91. The SMILES string of the molecule is COc1cccc2c1N(S(=O)(=O)c1ccc(C)cc1)C(CC(F)(F)F)C2. The lowest BCUT2D eigenvalue weighted by molar-refractivity contribution is -0.137. The fraction of sp³-hybridized carbons (Fsp3) is 0.333. The minimum absolute atomic E-state index is 0.0167. The van der Waals surface area contributed by atoms with E-state index in [1.807, 2.05) is 0 Å². The number of fused-ring (bicyclic) bond motifs is 1. The molecular formula is C18H18F3NO3S. The van der Waals surface area contributed by atoms with Crippen molar-refractivity contribution in [2.45, 2.75) is 36.9 Å². The highest BCUT2D eigenvalue weighted by Gasteiger charge is 2.45. The van der Waals surface area contributed by atoms with Gasteiger partial charge in [0, 0.05) is 0 Å². The first kappa shape index (κ1) is 18.6. The smallest absolute Gasteiger partial charge is 0.391 e. The molecule has 4 nitrogen and oxygen atoms in total. The Morgan fingerprint density at radius 3 is 2.38 bits per heavy atom. The predicted octanol–water partition coefficient (Wildman–Crippen LogP) is 4.08. The van der Waals surface area contributed by atoms with Crippen molar-refractivity contribution in [2.24, 2.45) is 0 Å². The molecule has 1 unspecified atom stereocenters. The molecule has 2 aromatic rings. The van der Waals surface area contributed by atoms with Crippen LogP contribution in [0.25, 0.3) is 0 Å². The van der Waals surface area contributed by atoms with E-state index in [2.05, 4.69) is 0 Å². The molecular weight excluding hydrogens is 367 g/mol. The molecule has 0 aromatic heterocycles. The molecule has 1 aliphatic heterocycles. The minimum atomic E-state index is -4.49. The Bertz CT molecular complexity index is 908. The summed E-state index contributed by atoms with van der Waals surface area (Å²) in [7, 11) is -2.81. The van der Waals surface area contributed by atoms with Gasteiger partial charge < -0.3 is 4.74 Å². The van der Waals surface area contributed by atoms with Crippen LogP contribution in [0, 0.1) is 6.92 Å². The van der Waals surface area contributed by atoms with Crippen LogP contribution >= 0.6 is 0 Å². The summed E-state index contributed by atoms with van der Waals surface area (Å²) >= 11 is 0. The van der Waals surface area contributed by atoms with Crippen LogP contribution in [0.15, 0.2) is 47.4 Å². The van der Waals surface area contributed by atoms with Crippen molar-refractivity contribution in [3.63, 3.8) is 0 Å². The number of hydrogen-bond acceptors (Lipinski definition) is 3. The van der Waals surface area contributed by atoms with Gasteiger partial charge in [0.2, 0.25) is 0 Å². The molecule has 1 aliphatic rings. The molecule has 8 heteroatoms. The molecule has 1 heterocycles. The van der Waals surface area contributed by atoms with Crippen LogP contribution in [0.2, 0.25) is 0 Å². The first-order valence-electron chi connectivity index (χ1n) is 7.97. The highest BCUT2D eigenvalue weighted by atomic mass is 32.2. The fourth-order valence-corrected chi connectivity index (χ4v) is 4.93. The lowest BCUT2D eigenvalue weighted by atomic mass is 10.1. The van der Waals surface area contributed by atoms with Crippen molar-refractivity contribution in [1.29, 1.82) is 0 Å². The van der Waals surface area contributed by atoms with Gasteiger partial charge in [-0.3, -0.25) is 4.31 Å². The number of para-hydroxylation sites is 1. The first-order valence-corrected chi connectivity index (χ1v) is 9.41. The van der Waals surface area contributed by atoms with E-state index in [1.54, 1.807) is 37.3 Å². The topological polar surface area (TPSA) is 46.6 Å². The first-order chi connectivity index (χ1) is 12.1. The maximum Gasteiger partial charge on any atom is 0.391 e. The number of methoxy groups -OCH3 is 1. The minimum Gasteiger partial charge on any atom is -0.495 e. The van der Waals surface area contributed by atoms with Gasteiger partial charge in [-0.2, -0.15) is 13.2 Å². The lowest BCUT2D eigenvalue weighted by Gasteiger charge is -2.28. The summed E-state index contributed by atoms with van der Waals surface area (Å²) in [5.74, 6) is 0.239. The summed E-state index contributed by atoms with van der Waals surface area (Å²) in [5, 5.41) is 0. The Kier molecular flexibility index (Phi) is 4.64. The van der Waals surface area contributed by atoms with Crippen molar-refractivity contribution in [3.05, 3.63) is 53.6 Å². The van der Waals surface area contributed by atoms with Gasteiger partial charge in [0.15, 0.2) is 0 Å². The number of sulfonamides is 1. The fourth-order valence-electron chi connectivity index (χ4n) is 3.23. The van der Waals surface area contributed by atoms with Crippen molar-refractivity contribution in [1.82, 2.24) is 0 Å². The van der Waals surface area contributed by atoms with Gasteiger partial charge in [-0.1, -0.05) is 29.8 Å². The molecule has 0 spiro atoms. The molecule has 0 radical (unpaired) electrons. The zero-order valence-electron chi connectivity index (χ0n) is 14.2. The largest absolute Gasteiger partial charge is 0.495 e. The number of rotatable bonds is 4. The molecule has 140 valence electrons. The number of hydrogen-bond donors (Lipinski definition) is 0. The zero-order chi connectivity index (χ0) is 19.1. The van der Waals surface area contributed by atoms with Gasteiger partial charge in [-0.25, -0.2) is 8.42 Å². The van der Waals surface area contributed by atoms with Gasteiger partial charge in [0.1, 0.15) is 5.75 Å². The predicted molar refractivity (Wildman–Crippen MR) is 92.0 cm³/mol. The van der Waals surface area contributed by atoms with E-state index >= 15 is 0 Å². The van der Waals surface area contributed by atoms with Crippen molar-refractivity contribution < 1.29 is 26.3 Å². The summed E-state index contributed by atoms with van der Waals surface area (Å²) in [5.41, 5.74) is 1.56. The maximum atomic E-state index is 13.2. The second-order valence-electron chi connectivity index (χ2n) is 6.26. The Morgan fingerprint density at radius 2 is 1.81 bits per heavy atom. The van der Waals surface area contributed by atoms with Crippen molar-refractivity contribution in [2.75, 3.05) is 11.4 Å². The molecule has 1 atom stereocenters. The Hall–Kier alpha value is -2.22. The van der Waals surface area contributed by atoms with E-state index in [0.29, 0.717) is 5.56 Å². The summed E-state index contributed by atoms with van der Waals surface area (Å²) in [6.07, 6.45) is -5.73. The van der Waals surface area contributed by atoms with Crippen molar-refractivity contribution in [3.8, 4) is 5.75 Å². The van der Waals surface area contributed by atoms with Crippen LogP contribution in [0.5, 0.6) is 5.75 Å². The molecule has 0 fully saturated rings.